The van der Waals surface area contributed by atoms with Crippen molar-refractivity contribution in [1.29, 1.82) is 0 Å². The third kappa shape index (κ3) is 5.40. The molecular weight excluding hydrogens is 506 g/mol. The first-order valence-electron chi connectivity index (χ1n) is 9.38. The Morgan fingerprint density at radius 1 is 1.10 bits per heavy atom. The minimum Gasteiger partial charge on any atom is -0.503 e. The first-order chi connectivity index (χ1) is 13.9. The Hall–Kier alpha value is -1.84. The van der Waals surface area contributed by atoms with Crippen LogP contribution >= 0.6 is 31.9 Å². The maximum absolute atomic E-state index is 12.6. The molecule has 0 spiro atoms. The third-order valence-corrected chi connectivity index (χ3v) is 6.73. The van der Waals surface area contributed by atoms with Crippen molar-refractivity contribution in [1.82, 2.24) is 14.4 Å². The van der Waals surface area contributed by atoms with E-state index in [0.717, 1.165) is 14.5 Å². The Bertz CT molecular complexity index is 940. The molecule has 3 rings (SSSR count). The minimum atomic E-state index is -0.410. The average Bonchev–Trinajstić information content (AvgIpc) is 2.71. The Kier molecular flexibility index (Phi) is 7.37. The van der Waals surface area contributed by atoms with Crippen LogP contribution in [0.3, 0.4) is 0 Å². The lowest BCUT2D eigenvalue weighted by Crippen LogP contribution is -2.48. The van der Waals surface area contributed by atoms with Gasteiger partial charge in [-0.1, -0.05) is 6.07 Å². The highest BCUT2D eigenvalue weighted by Gasteiger charge is 2.23. The zero-order chi connectivity index (χ0) is 21.0. The molecule has 1 aromatic carbocycles. The number of hydrogen-bond acceptors (Lipinski definition) is 5. The summed E-state index contributed by atoms with van der Waals surface area (Å²) in [5.41, 5.74) is 1.13. The van der Waals surface area contributed by atoms with Crippen molar-refractivity contribution in [3.05, 3.63) is 60.9 Å². The van der Waals surface area contributed by atoms with E-state index in [4.69, 9.17) is 4.74 Å². The molecule has 0 bridgehead atoms. The maximum Gasteiger partial charge on any atom is 0.409 e. The van der Waals surface area contributed by atoms with E-state index in [1.54, 1.807) is 24.1 Å². The summed E-state index contributed by atoms with van der Waals surface area (Å²) in [6.45, 7) is 5.43. The fourth-order valence-corrected chi connectivity index (χ4v) is 3.90. The number of aromatic hydroxyl groups is 1. The summed E-state index contributed by atoms with van der Waals surface area (Å²) in [5.74, 6) is -0.225. The van der Waals surface area contributed by atoms with Crippen molar-refractivity contribution >= 4 is 38.0 Å². The van der Waals surface area contributed by atoms with Crippen LogP contribution in [-0.2, 0) is 17.8 Å². The summed E-state index contributed by atoms with van der Waals surface area (Å²) < 4.78 is 8.37. The number of carbonyl (C=O) groups excluding carboxylic acids is 1. The van der Waals surface area contributed by atoms with Gasteiger partial charge in [-0.05, 0) is 62.5 Å². The second kappa shape index (κ2) is 9.77. The van der Waals surface area contributed by atoms with Crippen LogP contribution < -0.4 is 5.56 Å². The molecule has 1 amide bonds. The van der Waals surface area contributed by atoms with Crippen molar-refractivity contribution in [3.8, 4) is 5.75 Å². The van der Waals surface area contributed by atoms with Crippen molar-refractivity contribution in [2.24, 2.45) is 0 Å². The van der Waals surface area contributed by atoms with Gasteiger partial charge in [-0.15, -0.1) is 0 Å². The molecule has 156 valence electrons. The van der Waals surface area contributed by atoms with Gasteiger partial charge in [0.2, 0.25) is 0 Å². The summed E-state index contributed by atoms with van der Waals surface area (Å²) >= 11 is 6.89. The van der Waals surface area contributed by atoms with E-state index >= 15 is 0 Å². The lowest BCUT2D eigenvalue weighted by Gasteiger charge is -2.34. The fraction of sp³-hybridized carbons (Fsp3) is 0.400. The van der Waals surface area contributed by atoms with Crippen LogP contribution in [0.5, 0.6) is 5.75 Å². The van der Waals surface area contributed by atoms with Gasteiger partial charge >= 0.3 is 6.09 Å². The summed E-state index contributed by atoms with van der Waals surface area (Å²) in [6, 6.07) is 7.55. The van der Waals surface area contributed by atoms with E-state index in [1.807, 2.05) is 18.2 Å². The third-order valence-electron chi connectivity index (χ3n) is 4.85. The number of amides is 1. The Morgan fingerprint density at radius 2 is 1.83 bits per heavy atom. The number of rotatable bonds is 5. The summed E-state index contributed by atoms with van der Waals surface area (Å²) in [5, 5.41) is 10.4. The van der Waals surface area contributed by atoms with E-state index < -0.39 is 5.56 Å². The van der Waals surface area contributed by atoms with E-state index in [0.29, 0.717) is 51.4 Å². The van der Waals surface area contributed by atoms with Gasteiger partial charge in [0.05, 0.1) is 13.2 Å². The Labute approximate surface area is 186 Å². The number of ether oxygens (including phenoxy) is 1. The van der Waals surface area contributed by atoms with Crippen LogP contribution in [0.4, 0.5) is 4.79 Å². The van der Waals surface area contributed by atoms with Crippen LogP contribution in [0.2, 0.25) is 0 Å². The van der Waals surface area contributed by atoms with Crippen molar-refractivity contribution in [2.75, 3.05) is 32.8 Å². The highest BCUT2D eigenvalue weighted by molar-refractivity contribution is 9.13. The summed E-state index contributed by atoms with van der Waals surface area (Å²) in [4.78, 5) is 28.2. The summed E-state index contributed by atoms with van der Waals surface area (Å²) in [7, 11) is 0. The van der Waals surface area contributed by atoms with Crippen LogP contribution in [0.1, 0.15) is 18.1 Å². The quantitative estimate of drug-likeness (QED) is 0.643. The molecule has 7 nitrogen and oxygen atoms in total. The van der Waals surface area contributed by atoms with Gasteiger partial charge in [0.25, 0.3) is 5.56 Å². The zero-order valence-electron chi connectivity index (χ0n) is 16.1. The normalized spacial score (nSPS) is 14.8. The predicted octanol–water partition coefficient (Wildman–Crippen LogP) is 3.40. The lowest BCUT2D eigenvalue weighted by molar-refractivity contribution is 0.0776. The molecular formula is C20H23Br2N3O4. The monoisotopic (exact) mass is 527 g/mol. The largest absolute Gasteiger partial charge is 0.503 e. The van der Waals surface area contributed by atoms with Crippen LogP contribution in [-0.4, -0.2) is 58.4 Å². The number of piperazine rings is 1. The maximum atomic E-state index is 12.6. The molecule has 0 unspecified atom stereocenters. The molecule has 1 N–H and O–H groups in total. The van der Waals surface area contributed by atoms with Crippen LogP contribution in [0, 0.1) is 0 Å². The van der Waals surface area contributed by atoms with E-state index in [-0.39, 0.29) is 11.8 Å². The molecule has 29 heavy (non-hydrogen) atoms. The first kappa shape index (κ1) is 21.9. The molecule has 0 atom stereocenters. The molecule has 1 fully saturated rings. The number of benzene rings is 1. The number of pyridine rings is 1. The topological polar surface area (TPSA) is 75.0 Å². The molecule has 1 aliphatic heterocycles. The SMILES string of the molecule is CCOC(=O)N1CCN(Cc2ccn(Cc3ccc(Br)c(Br)c3)c(=O)c2O)CC1. The van der Waals surface area contributed by atoms with Crippen LogP contribution in [0.25, 0.3) is 0 Å². The molecule has 0 saturated carbocycles. The average molecular weight is 529 g/mol. The number of hydrogen-bond donors (Lipinski definition) is 1. The highest BCUT2D eigenvalue weighted by Crippen LogP contribution is 2.24. The molecule has 0 aliphatic carbocycles. The van der Waals surface area contributed by atoms with Gasteiger partial charge in [0, 0.05) is 53.4 Å². The van der Waals surface area contributed by atoms with Gasteiger partial charge in [0.15, 0.2) is 5.75 Å². The molecule has 9 heteroatoms. The van der Waals surface area contributed by atoms with Crippen LogP contribution in [0.15, 0.2) is 44.2 Å². The Balaban J connectivity index is 1.65. The molecule has 1 aromatic heterocycles. The van der Waals surface area contributed by atoms with Gasteiger partial charge < -0.3 is 19.3 Å². The molecule has 0 radical (unpaired) electrons. The fourth-order valence-electron chi connectivity index (χ4n) is 3.23. The molecule has 2 aromatic rings. The second-order valence-electron chi connectivity index (χ2n) is 6.83. The molecule has 1 saturated heterocycles. The zero-order valence-corrected chi connectivity index (χ0v) is 19.3. The van der Waals surface area contributed by atoms with E-state index in [2.05, 4.69) is 36.8 Å². The molecule has 1 aliphatic rings. The second-order valence-corrected chi connectivity index (χ2v) is 8.54. The number of nitrogens with zero attached hydrogens (tertiary/aromatic N) is 3. The van der Waals surface area contributed by atoms with Gasteiger partial charge in [-0.3, -0.25) is 9.69 Å². The minimum absolute atomic E-state index is 0.225. The first-order valence-corrected chi connectivity index (χ1v) is 11.0. The van der Waals surface area contributed by atoms with Gasteiger partial charge in [-0.2, -0.15) is 0 Å². The highest BCUT2D eigenvalue weighted by atomic mass is 79.9. The number of halogens is 2. The van der Waals surface area contributed by atoms with E-state index in [9.17, 15) is 14.7 Å². The van der Waals surface area contributed by atoms with Crippen molar-refractivity contribution < 1.29 is 14.6 Å². The number of aromatic nitrogens is 1. The number of carbonyl (C=O) groups is 1. The smallest absolute Gasteiger partial charge is 0.409 e. The predicted molar refractivity (Wildman–Crippen MR) is 117 cm³/mol. The van der Waals surface area contributed by atoms with E-state index in [1.165, 1.54) is 4.57 Å². The Morgan fingerprint density at radius 3 is 2.48 bits per heavy atom. The summed E-state index contributed by atoms with van der Waals surface area (Å²) in [6.07, 6.45) is 1.42. The molecule has 2 heterocycles. The standard InChI is InChI=1S/C20H23Br2N3O4/c1-2-29-20(28)24-9-7-23(8-10-24)13-15-5-6-25(19(27)18(15)26)12-14-3-4-16(21)17(22)11-14/h3-6,11,26H,2,7-10,12-13H2,1H3. The van der Waals surface area contributed by atoms with Crippen molar-refractivity contribution in [2.45, 2.75) is 20.0 Å². The van der Waals surface area contributed by atoms with Crippen molar-refractivity contribution in [3.63, 3.8) is 0 Å². The van der Waals surface area contributed by atoms with Gasteiger partial charge in [-0.25, -0.2) is 4.79 Å². The van der Waals surface area contributed by atoms with Gasteiger partial charge in [0.1, 0.15) is 0 Å². The lowest BCUT2D eigenvalue weighted by atomic mass is 10.2.